The van der Waals surface area contributed by atoms with Gasteiger partial charge in [-0.25, -0.2) is 4.98 Å². The average Bonchev–Trinajstić information content (AvgIpc) is 3.41. The molecule has 1 aromatic heterocycles. The van der Waals surface area contributed by atoms with Crippen LogP contribution in [0.5, 0.6) is 11.5 Å². The van der Waals surface area contributed by atoms with Crippen LogP contribution in [-0.4, -0.2) is 55.4 Å². The minimum atomic E-state index is -1.00. The summed E-state index contributed by atoms with van der Waals surface area (Å²) >= 11 is 1.33. The largest absolute Gasteiger partial charge is 0.497 e. The molecular formula is C20H24N2O6S. The van der Waals surface area contributed by atoms with Crippen molar-refractivity contribution in [1.29, 1.82) is 0 Å². The predicted octanol–water partition coefficient (Wildman–Crippen LogP) is 3.20. The SMILES string of the molecule is COc1ccc(OC)c(-c2csc(N(C[C@H]3CCCO3)C(=O)CCC(=O)O)n2)c1. The Kier molecular flexibility index (Phi) is 7.05. The van der Waals surface area contributed by atoms with E-state index in [9.17, 15) is 9.59 Å². The lowest BCUT2D eigenvalue weighted by Crippen LogP contribution is -2.37. The van der Waals surface area contributed by atoms with Gasteiger partial charge in [-0.15, -0.1) is 11.3 Å². The van der Waals surface area contributed by atoms with E-state index in [1.165, 1.54) is 11.3 Å². The first kappa shape index (κ1) is 21.1. The molecule has 1 amide bonds. The van der Waals surface area contributed by atoms with Crippen LogP contribution in [0.25, 0.3) is 11.3 Å². The molecule has 0 radical (unpaired) electrons. The Morgan fingerprint density at radius 3 is 2.79 bits per heavy atom. The molecule has 1 saturated heterocycles. The highest BCUT2D eigenvalue weighted by molar-refractivity contribution is 7.14. The number of carboxylic acids is 1. The van der Waals surface area contributed by atoms with E-state index in [1.807, 2.05) is 11.4 Å². The van der Waals surface area contributed by atoms with E-state index < -0.39 is 5.97 Å². The zero-order valence-electron chi connectivity index (χ0n) is 16.4. The van der Waals surface area contributed by atoms with Crippen LogP contribution in [0.1, 0.15) is 25.7 Å². The van der Waals surface area contributed by atoms with Gasteiger partial charge in [-0.3, -0.25) is 14.5 Å². The molecule has 0 spiro atoms. The molecule has 1 aromatic carbocycles. The number of benzene rings is 1. The second-order valence-electron chi connectivity index (χ2n) is 6.61. The number of thiazole rings is 1. The minimum Gasteiger partial charge on any atom is -0.497 e. The van der Waals surface area contributed by atoms with Crippen LogP contribution < -0.4 is 14.4 Å². The molecule has 1 fully saturated rings. The zero-order chi connectivity index (χ0) is 20.8. The number of methoxy groups -OCH3 is 2. The van der Waals surface area contributed by atoms with Crippen molar-refractivity contribution in [1.82, 2.24) is 4.98 Å². The number of carbonyl (C=O) groups is 2. The van der Waals surface area contributed by atoms with E-state index >= 15 is 0 Å². The van der Waals surface area contributed by atoms with Crippen LogP contribution in [-0.2, 0) is 14.3 Å². The van der Waals surface area contributed by atoms with Crippen molar-refractivity contribution in [3.63, 3.8) is 0 Å². The summed E-state index contributed by atoms with van der Waals surface area (Å²) in [5, 5.41) is 11.3. The Balaban J connectivity index is 1.88. The monoisotopic (exact) mass is 420 g/mol. The molecule has 1 atom stereocenters. The van der Waals surface area contributed by atoms with Crippen LogP contribution in [0.15, 0.2) is 23.6 Å². The van der Waals surface area contributed by atoms with Crippen LogP contribution in [0.3, 0.4) is 0 Å². The second kappa shape index (κ2) is 9.71. The summed E-state index contributed by atoms with van der Waals surface area (Å²) in [5.41, 5.74) is 1.41. The van der Waals surface area contributed by atoms with Crippen LogP contribution in [0, 0.1) is 0 Å². The lowest BCUT2D eigenvalue weighted by atomic mass is 10.1. The highest BCUT2D eigenvalue weighted by Crippen LogP contribution is 2.36. The van der Waals surface area contributed by atoms with Gasteiger partial charge in [-0.2, -0.15) is 0 Å². The first-order valence-corrected chi connectivity index (χ1v) is 10.2. The van der Waals surface area contributed by atoms with Crippen molar-refractivity contribution in [2.24, 2.45) is 0 Å². The number of ether oxygens (including phenoxy) is 3. The molecule has 0 unspecified atom stereocenters. The molecular weight excluding hydrogens is 396 g/mol. The third-order valence-corrected chi connectivity index (χ3v) is 5.53. The maximum Gasteiger partial charge on any atom is 0.303 e. The number of rotatable bonds is 9. The van der Waals surface area contributed by atoms with Gasteiger partial charge in [0.1, 0.15) is 11.5 Å². The molecule has 2 aromatic rings. The molecule has 29 heavy (non-hydrogen) atoms. The molecule has 1 aliphatic heterocycles. The summed E-state index contributed by atoms with van der Waals surface area (Å²) in [6.07, 6.45) is 1.45. The number of hydrogen-bond donors (Lipinski definition) is 1. The van der Waals surface area contributed by atoms with Crippen LogP contribution in [0.2, 0.25) is 0 Å². The Hall–Kier alpha value is -2.65. The molecule has 0 bridgehead atoms. The molecule has 9 heteroatoms. The van der Waals surface area contributed by atoms with Crippen molar-refractivity contribution in [3.8, 4) is 22.8 Å². The highest BCUT2D eigenvalue weighted by Gasteiger charge is 2.26. The number of hydrogen-bond acceptors (Lipinski definition) is 7. The Morgan fingerprint density at radius 1 is 1.31 bits per heavy atom. The lowest BCUT2D eigenvalue weighted by molar-refractivity contribution is -0.138. The summed E-state index contributed by atoms with van der Waals surface area (Å²) in [4.78, 5) is 29.8. The summed E-state index contributed by atoms with van der Waals surface area (Å²) in [5.74, 6) is 0.0346. The first-order valence-electron chi connectivity index (χ1n) is 9.33. The molecule has 156 valence electrons. The fourth-order valence-electron chi connectivity index (χ4n) is 3.15. The smallest absolute Gasteiger partial charge is 0.303 e. The molecule has 0 saturated carbocycles. The van der Waals surface area contributed by atoms with Crippen LogP contribution in [0.4, 0.5) is 5.13 Å². The minimum absolute atomic E-state index is 0.0671. The summed E-state index contributed by atoms with van der Waals surface area (Å²) in [7, 11) is 3.17. The van der Waals surface area contributed by atoms with Crippen LogP contribution >= 0.6 is 11.3 Å². The van der Waals surface area contributed by atoms with Gasteiger partial charge in [-0.05, 0) is 31.0 Å². The van der Waals surface area contributed by atoms with Crippen molar-refractivity contribution in [3.05, 3.63) is 23.6 Å². The van der Waals surface area contributed by atoms with Gasteiger partial charge < -0.3 is 19.3 Å². The van der Waals surface area contributed by atoms with Crippen molar-refractivity contribution in [2.75, 3.05) is 32.3 Å². The van der Waals surface area contributed by atoms with Gasteiger partial charge in [0, 0.05) is 24.0 Å². The average molecular weight is 420 g/mol. The fourth-order valence-corrected chi connectivity index (χ4v) is 4.00. The maximum absolute atomic E-state index is 12.7. The fraction of sp³-hybridized carbons (Fsp3) is 0.450. The number of carboxylic acid groups (broad SMARTS) is 1. The Bertz CT molecular complexity index is 862. The third-order valence-electron chi connectivity index (χ3n) is 4.67. The highest BCUT2D eigenvalue weighted by atomic mass is 32.1. The maximum atomic E-state index is 12.7. The lowest BCUT2D eigenvalue weighted by Gasteiger charge is -2.23. The topological polar surface area (TPSA) is 98.2 Å². The molecule has 3 rings (SSSR count). The number of amides is 1. The molecule has 1 aliphatic rings. The summed E-state index contributed by atoms with van der Waals surface area (Å²) in [6, 6.07) is 5.43. The van der Waals surface area contributed by atoms with Gasteiger partial charge >= 0.3 is 5.97 Å². The van der Waals surface area contributed by atoms with E-state index in [2.05, 4.69) is 4.98 Å². The Labute approximate surface area is 173 Å². The van der Waals surface area contributed by atoms with Gasteiger partial charge in [0.2, 0.25) is 5.91 Å². The number of anilines is 1. The van der Waals surface area contributed by atoms with Crippen molar-refractivity contribution in [2.45, 2.75) is 31.8 Å². The third kappa shape index (κ3) is 5.24. The number of aliphatic carboxylic acids is 1. The Morgan fingerprint density at radius 2 is 2.14 bits per heavy atom. The van der Waals surface area contributed by atoms with E-state index in [4.69, 9.17) is 19.3 Å². The van der Waals surface area contributed by atoms with Gasteiger partial charge in [-0.1, -0.05) is 0 Å². The molecule has 0 aliphatic carbocycles. The quantitative estimate of drug-likeness (QED) is 0.665. The standard InChI is InChI=1S/C20H24N2O6S/c1-26-13-5-6-17(27-2)15(10-13)16-12-29-20(21-16)22(11-14-4-3-9-28-14)18(23)7-8-19(24)25/h5-6,10,12,14H,3-4,7-9,11H2,1-2H3,(H,24,25)/t14-/m1/s1. The van der Waals surface area contributed by atoms with Crippen molar-refractivity contribution < 1.29 is 28.9 Å². The zero-order valence-corrected chi connectivity index (χ0v) is 17.2. The van der Waals surface area contributed by atoms with E-state index in [1.54, 1.807) is 31.3 Å². The van der Waals surface area contributed by atoms with Gasteiger partial charge in [0.25, 0.3) is 0 Å². The van der Waals surface area contributed by atoms with Crippen molar-refractivity contribution >= 4 is 28.3 Å². The van der Waals surface area contributed by atoms with Gasteiger partial charge in [0.15, 0.2) is 5.13 Å². The summed E-state index contributed by atoms with van der Waals surface area (Å²) < 4.78 is 16.4. The normalized spacial score (nSPS) is 15.9. The molecule has 1 N–H and O–H groups in total. The first-order chi connectivity index (χ1) is 14.0. The van der Waals surface area contributed by atoms with Gasteiger partial charge in [0.05, 0.1) is 39.0 Å². The number of nitrogens with zero attached hydrogens (tertiary/aromatic N) is 2. The van der Waals surface area contributed by atoms with E-state index in [-0.39, 0.29) is 24.9 Å². The van der Waals surface area contributed by atoms with E-state index in [0.29, 0.717) is 35.5 Å². The van der Waals surface area contributed by atoms with E-state index in [0.717, 1.165) is 18.4 Å². The predicted molar refractivity (Wildman–Crippen MR) is 109 cm³/mol. The molecule has 8 nitrogen and oxygen atoms in total. The second-order valence-corrected chi connectivity index (χ2v) is 7.45. The number of aromatic nitrogens is 1. The summed E-state index contributed by atoms with van der Waals surface area (Å²) in [6.45, 7) is 1.03. The number of carbonyl (C=O) groups excluding carboxylic acids is 1. The molecule has 2 heterocycles.